The number of aryl methyl sites for hydroxylation is 1. The van der Waals surface area contributed by atoms with E-state index in [1.165, 1.54) is 17.8 Å². The topological polar surface area (TPSA) is 117 Å². The third-order valence-electron chi connectivity index (χ3n) is 5.71. The Morgan fingerprint density at radius 2 is 1.68 bits per heavy atom. The third-order valence-corrected chi connectivity index (χ3v) is 7.75. The minimum Gasteiger partial charge on any atom is -0.461 e. The monoisotopic (exact) mass is 559 g/mol. The molecule has 0 aliphatic carbocycles. The fourth-order valence-corrected chi connectivity index (χ4v) is 5.65. The van der Waals surface area contributed by atoms with Crippen LogP contribution in [0.4, 0.5) is 4.79 Å². The van der Waals surface area contributed by atoms with Gasteiger partial charge in [0.25, 0.3) is 10.0 Å². The van der Waals surface area contributed by atoms with Crippen molar-refractivity contribution in [3.63, 3.8) is 0 Å². The zero-order valence-electron chi connectivity index (χ0n) is 22.0. The first kappa shape index (κ1) is 29.2. The number of hydrogen-bond acceptors (Lipinski definition) is 8. The molecule has 0 saturated heterocycles. The number of thioether (sulfide) groups is 1. The molecule has 3 rings (SSSR count). The molecule has 11 heteroatoms. The smallest absolute Gasteiger partial charge is 0.421 e. The van der Waals surface area contributed by atoms with Gasteiger partial charge in [-0.05, 0) is 43.7 Å². The van der Waals surface area contributed by atoms with E-state index in [2.05, 4.69) is 6.92 Å². The highest BCUT2D eigenvalue weighted by molar-refractivity contribution is 7.98. The van der Waals surface area contributed by atoms with Gasteiger partial charge in [-0.2, -0.15) is 0 Å². The first-order chi connectivity index (χ1) is 18.2. The van der Waals surface area contributed by atoms with E-state index in [0.717, 1.165) is 30.7 Å². The molecule has 0 radical (unpaired) electrons. The van der Waals surface area contributed by atoms with Crippen LogP contribution in [0.1, 0.15) is 55.5 Å². The molecule has 0 bridgehead atoms. The van der Waals surface area contributed by atoms with Crippen LogP contribution in [0.2, 0.25) is 0 Å². The molecule has 1 amide bonds. The summed E-state index contributed by atoms with van der Waals surface area (Å²) in [6.07, 6.45) is 3.53. The fourth-order valence-electron chi connectivity index (χ4n) is 3.95. The molecule has 0 saturated carbocycles. The van der Waals surface area contributed by atoms with Crippen LogP contribution in [0.3, 0.4) is 0 Å². The second-order valence-corrected chi connectivity index (χ2v) is 10.8. The number of rotatable bonds is 12. The Bertz CT molecular complexity index is 1370. The van der Waals surface area contributed by atoms with Gasteiger partial charge in [0.2, 0.25) is 0 Å². The van der Waals surface area contributed by atoms with Gasteiger partial charge < -0.3 is 14.0 Å². The summed E-state index contributed by atoms with van der Waals surface area (Å²) in [5.41, 5.74) is 2.45. The number of sulfonamides is 1. The SMILES string of the molecule is CCCCc1nc(SC)c(C(=O)OCC)n1Cc1ccc(-c2ccccc2S(=O)(=O)NC(=O)OCC)cc1. The van der Waals surface area contributed by atoms with Crippen LogP contribution in [0, 0.1) is 0 Å². The molecular weight excluding hydrogens is 526 g/mol. The quantitative estimate of drug-likeness (QED) is 0.236. The molecule has 1 N–H and O–H groups in total. The summed E-state index contributed by atoms with van der Waals surface area (Å²) in [5, 5.41) is 0.638. The van der Waals surface area contributed by atoms with Crippen molar-refractivity contribution < 1.29 is 27.5 Å². The van der Waals surface area contributed by atoms with Crippen molar-refractivity contribution in [1.82, 2.24) is 14.3 Å². The van der Waals surface area contributed by atoms with Gasteiger partial charge in [-0.25, -0.2) is 27.7 Å². The highest BCUT2D eigenvalue weighted by atomic mass is 32.2. The number of carbonyl (C=O) groups excluding carboxylic acids is 2. The van der Waals surface area contributed by atoms with Gasteiger partial charge in [0.15, 0.2) is 5.69 Å². The number of ether oxygens (including phenoxy) is 2. The number of nitrogens with zero attached hydrogens (tertiary/aromatic N) is 2. The van der Waals surface area contributed by atoms with E-state index in [9.17, 15) is 18.0 Å². The van der Waals surface area contributed by atoms with Crippen LogP contribution in [0.5, 0.6) is 0 Å². The van der Waals surface area contributed by atoms with Gasteiger partial charge in [0.1, 0.15) is 10.9 Å². The Balaban J connectivity index is 1.95. The molecule has 1 aromatic heterocycles. The van der Waals surface area contributed by atoms with Gasteiger partial charge >= 0.3 is 12.1 Å². The first-order valence-corrected chi connectivity index (χ1v) is 15.1. The maximum atomic E-state index is 12.9. The summed E-state index contributed by atoms with van der Waals surface area (Å²) in [7, 11) is -4.15. The van der Waals surface area contributed by atoms with E-state index < -0.39 is 22.1 Å². The summed E-state index contributed by atoms with van der Waals surface area (Å²) in [5.74, 6) is 0.418. The van der Waals surface area contributed by atoms with Crippen molar-refractivity contribution in [2.75, 3.05) is 19.5 Å². The van der Waals surface area contributed by atoms with Crippen LogP contribution < -0.4 is 4.72 Å². The van der Waals surface area contributed by atoms with Gasteiger partial charge in [-0.15, -0.1) is 11.8 Å². The predicted molar refractivity (Wildman–Crippen MR) is 147 cm³/mol. The van der Waals surface area contributed by atoms with E-state index in [0.29, 0.717) is 28.4 Å². The van der Waals surface area contributed by atoms with Crippen molar-refractivity contribution in [3.8, 4) is 11.1 Å². The lowest BCUT2D eigenvalue weighted by Gasteiger charge is -2.14. The Morgan fingerprint density at radius 1 is 1.00 bits per heavy atom. The van der Waals surface area contributed by atoms with Crippen LogP contribution in [-0.4, -0.2) is 49.5 Å². The number of benzene rings is 2. The molecule has 0 aliphatic heterocycles. The molecule has 9 nitrogen and oxygen atoms in total. The number of amides is 1. The number of nitrogens with one attached hydrogen (secondary N) is 1. The molecule has 1 heterocycles. The van der Waals surface area contributed by atoms with Gasteiger partial charge in [0.05, 0.1) is 18.1 Å². The number of carbonyl (C=O) groups is 2. The lowest BCUT2D eigenvalue weighted by molar-refractivity contribution is 0.0509. The second kappa shape index (κ2) is 13.5. The highest BCUT2D eigenvalue weighted by Crippen LogP contribution is 2.29. The first-order valence-electron chi connectivity index (χ1n) is 12.4. The van der Waals surface area contributed by atoms with Gasteiger partial charge in [0, 0.05) is 18.5 Å². The predicted octanol–water partition coefficient (Wildman–Crippen LogP) is 5.27. The third kappa shape index (κ3) is 6.96. The van der Waals surface area contributed by atoms with Crippen LogP contribution in [0.15, 0.2) is 58.5 Å². The average molecular weight is 560 g/mol. The van der Waals surface area contributed by atoms with Crippen molar-refractivity contribution in [3.05, 3.63) is 65.6 Å². The Hall–Kier alpha value is -3.31. The van der Waals surface area contributed by atoms with Crippen LogP contribution in [-0.2, 0) is 32.5 Å². The van der Waals surface area contributed by atoms with Crippen molar-refractivity contribution >= 4 is 33.8 Å². The van der Waals surface area contributed by atoms with Crippen LogP contribution >= 0.6 is 11.8 Å². The maximum Gasteiger partial charge on any atom is 0.421 e. The molecule has 0 unspecified atom stereocenters. The number of aromatic nitrogens is 2. The van der Waals surface area contributed by atoms with E-state index in [-0.39, 0.29) is 18.1 Å². The van der Waals surface area contributed by atoms with E-state index >= 15 is 0 Å². The molecule has 0 aliphatic rings. The number of hydrogen-bond donors (Lipinski definition) is 1. The van der Waals surface area contributed by atoms with Crippen molar-refractivity contribution in [1.29, 1.82) is 0 Å². The molecule has 204 valence electrons. The molecule has 0 atom stereocenters. The number of esters is 1. The van der Waals surface area contributed by atoms with E-state index in [1.807, 2.05) is 39.8 Å². The Labute approximate surface area is 228 Å². The normalized spacial score (nSPS) is 11.3. The minimum absolute atomic E-state index is 0.0357. The molecule has 2 aromatic carbocycles. The summed E-state index contributed by atoms with van der Waals surface area (Å²) in [6.45, 7) is 6.20. The fraction of sp³-hybridized carbons (Fsp3) is 0.370. The van der Waals surface area contributed by atoms with Crippen molar-refractivity contribution in [2.24, 2.45) is 0 Å². The minimum atomic E-state index is -4.15. The second-order valence-electron chi connectivity index (χ2n) is 8.32. The zero-order valence-corrected chi connectivity index (χ0v) is 23.7. The van der Waals surface area contributed by atoms with Crippen LogP contribution in [0.25, 0.3) is 11.1 Å². The highest BCUT2D eigenvalue weighted by Gasteiger charge is 2.25. The molecule has 0 fully saturated rings. The number of unbranched alkanes of at least 4 members (excludes halogenated alkanes) is 1. The average Bonchev–Trinajstić information content (AvgIpc) is 3.25. The maximum absolute atomic E-state index is 12.9. The molecular formula is C27H33N3O6S2. The molecule has 0 spiro atoms. The van der Waals surface area contributed by atoms with E-state index in [1.54, 1.807) is 32.0 Å². The van der Waals surface area contributed by atoms with Gasteiger partial charge in [-0.3, -0.25) is 0 Å². The lowest BCUT2D eigenvalue weighted by atomic mass is 10.0. The summed E-state index contributed by atoms with van der Waals surface area (Å²) >= 11 is 1.41. The van der Waals surface area contributed by atoms with Crippen molar-refractivity contribution in [2.45, 2.75) is 56.5 Å². The van der Waals surface area contributed by atoms with Gasteiger partial charge in [-0.1, -0.05) is 55.8 Å². The largest absolute Gasteiger partial charge is 0.461 e. The summed E-state index contributed by atoms with van der Waals surface area (Å²) in [4.78, 5) is 29.3. The summed E-state index contributed by atoms with van der Waals surface area (Å²) < 4.78 is 39.6. The summed E-state index contributed by atoms with van der Waals surface area (Å²) in [6, 6.07) is 13.8. The Morgan fingerprint density at radius 3 is 2.32 bits per heavy atom. The zero-order chi connectivity index (χ0) is 27.7. The molecule has 38 heavy (non-hydrogen) atoms. The number of imidazole rings is 1. The molecule has 3 aromatic rings. The van der Waals surface area contributed by atoms with E-state index in [4.69, 9.17) is 14.5 Å². The Kier molecular flexibility index (Phi) is 10.4. The lowest BCUT2D eigenvalue weighted by Crippen LogP contribution is -2.31. The standard InChI is InChI=1S/C27H33N3O6S2/c1-5-8-13-23-28-25(37-4)24(26(31)35-6-2)30(23)18-19-14-16-20(17-15-19)21-11-9-10-12-22(21)38(33,34)29-27(32)36-7-3/h9-12,14-17H,5-8,13,18H2,1-4H3,(H,29,32).